The smallest absolute Gasteiger partial charge is 0.196 e. The Morgan fingerprint density at radius 3 is 2.43 bits per heavy atom. The minimum absolute atomic E-state index is 0.0307. The number of hydrogen-bond donors (Lipinski definition) is 0. The molecular weight excluding hydrogens is 409 g/mol. The molecule has 1 atom stereocenters. The molecule has 1 fully saturated rings. The van der Waals surface area contributed by atoms with E-state index in [1.165, 1.54) is 36.4 Å². The molecule has 2 heterocycles. The van der Waals surface area contributed by atoms with Crippen molar-refractivity contribution < 1.29 is 13.2 Å². The lowest BCUT2D eigenvalue weighted by molar-refractivity contribution is 0.167. The summed E-state index contributed by atoms with van der Waals surface area (Å²) in [4.78, 5) is 2.37. The molecule has 1 aromatic heterocycles. The average Bonchev–Trinajstić information content (AvgIpc) is 3.19. The number of benzene rings is 2. The van der Waals surface area contributed by atoms with Crippen molar-refractivity contribution >= 4 is 11.8 Å². The maximum atomic E-state index is 14.1. The standard InChI is InChI=1S/C22H23F3N4S/c1-15(28-12-3-2-4-13-28)21-26-27-22(29(21)18-10-8-17(23)9-11-18)30-14-16-6-5-7-19(24)20(16)25/h5-11,15H,2-4,12-14H2,1H3/t15-/m0/s1. The zero-order valence-corrected chi connectivity index (χ0v) is 17.5. The van der Waals surface area contributed by atoms with Gasteiger partial charge in [0.05, 0.1) is 6.04 Å². The van der Waals surface area contributed by atoms with Gasteiger partial charge in [-0.3, -0.25) is 9.47 Å². The molecular formula is C22H23F3N4S. The van der Waals surface area contributed by atoms with Crippen molar-refractivity contribution in [3.05, 3.63) is 71.3 Å². The van der Waals surface area contributed by atoms with Crippen LogP contribution in [-0.2, 0) is 5.75 Å². The molecule has 158 valence electrons. The highest BCUT2D eigenvalue weighted by Crippen LogP contribution is 2.31. The lowest BCUT2D eigenvalue weighted by Gasteiger charge is -2.31. The highest BCUT2D eigenvalue weighted by Gasteiger charge is 2.25. The second kappa shape index (κ2) is 9.22. The van der Waals surface area contributed by atoms with Crippen molar-refractivity contribution in [2.75, 3.05) is 13.1 Å². The number of rotatable bonds is 6. The van der Waals surface area contributed by atoms with Crippen molar-refractivity contribution in [3.63, 3.8) is 0 Å². The van der Waals surface area contributed by atoms with Gasteiger partial charge in [0.15, 0.2) is 22.6 Å². The van der Waals surface area contributed by atoms with E-state index in [-0.39, 0.29) is 23.2 Å². The van der Waals surface area contributed by atoms with Gasteiger partial charge in [-0.05, 0) is 63.2 Å². The van der Waals surface area contributed by atoms with Gasteiger partial charge in [0.1, 0.15) is 5.82 Å². The van der Waals surface area contributed by atoms with E-state index in [0.717, 1.165) is 43.5 Å². The van der Waals surface area contributed by atoms with Gasteiger partial charge in [0, 0.05) is 17.0 Å². The highest BCUT2D eigenvalue weighted by atomic mass is 32.2. The largest absolute Gasteiger partial charge is 0.294 e. The molecule has 0 bridgehead atoms. The first-order chi connectivity index (χ1) is 14.5. The van der Waals surface area contributed by atoms with Crippen molar-refractivity contribution in [2.24, 2.45) is 0 Å². The van der Waals surface area contributed by atoms with E-state index in [4.69, 9.17) is 0 Å². The number of hydrogen-bond acceptors (Lipinski definition) is 4. The highest BCUT2D eigenvalue weighted by molar-refractivity contribution is 7.98. The van der Waals surface area contributed by atoms with E-state index in [1.54, 1.807) is 18.2 Å². The Balaban J connectivity index is 1.66. The van der Waals surface area contributed by atoms with Crippen LogP contribution in [0.1, 0.15) is 43.6 Å². The molecule has 2 aromatic carbocycles. The molecule has 4 nitrogen and oxygen atoms in total. The van der Waals surface area contributed by atoms with Crippen LogP contribution in [0.2, 0.25) is 0 Å². The molecule has 8 heteroatoms. The Labute approximate surface area is 178 Å². The Morgan fingerprint density at radius 1 is 0.967 bits per heavy atom. The van der Waals surface area contributed by atoms with E-state index in [1.807, 2.05) is 4.57 Å². The fourth-order valence-electron chi connectivity index (χ4n) is 3.75. The van der Waals surface area contributed by atoms with Crippen molar-refractivity contribution in [1.29, 1.82) is 0 Å². The Morgan fingerprint density at radius 2 is 1.70 bits per heavy atom. The third kappa shape index (κ3) is 4.39. The maximum Gasteiger partial charge on any atom is 0.196 e. The maximum absolute atomic E-state index is 14.1. The molecule has 0 N–H and O–H groups in total. The van der Waals surface area contributed by atoms with E-state index in [0.29, 0.717) is 5.16 Å². The molecule has 0 unspecified atom stereocenters. The first kappa shape index (κ1) is 20.9. The lowest BCUT2D eigenvalue weighted by atomic mass is 10.1. The van der Waals surface area contributed by atoms with Gasteiger partial charge in [0.2, 0.25) is 0 Å². The zero-order chi connectivity index (χ0) is 21.1. The van der Waals surface area contributed by atoms with Gasteiger partial charge < -0.3 is 0 Å². The number of thioether (sulfide) groups is 1. The molecule has 1 aliphatic rings. The Bertz CT molecular complexity index is 1000. The van der Waals surface area contributed by atoms with Crippen molar-refractivity contribution in [3.8, 4) is 5.69 Å². The molecule has 3 aromatic rings. The third-order valence-electron chi connectivity index (χ3n) is 5.44. The fraction of sp³-hybridized carbons (Fsp3) is 0.364. The van der Waals surface area contributed by atoms with Gasteiger partial charge >= 0.3 is 0 Å². The Hall–Kier alpha value is -2.32. The summed E-state index contributed by atoms with van der Waals surface area (Å²) in [6.07, 6.45) is 3.53. The van der Waals surface area contributed by atoms with Gasteiger partial charge in [-0.15, -0.1) is 10.2 Å². The van der Waals surface area contributed by atoms with Crippen molar-refractivity contribution in [2.45, 2.75) is 43.1 Å². The predicted octanol–water partition coefficient (Wildman–Crippen LogP) is 5.52. The number of likely N-dealkylation sites (tertiary alicyclic amines) is 1. The van der Waals surface area contributed by atoms with Crippen LogP contribution >= 0.6 is 11.8 Å². The monoisotopic (exact) mass is 432 g/mol. The first-order valence-electron chi connectivity index (χ1n) is 10.1. The first-order valence-corrected chi connectivity index (χ1v) is 11.0. The van der Waals surface area contributed by atoms with Gasteiger partial charge in [-0.25, -0.2) is 13.2 Å². The Kier molecular flexibility index (Phi) is 6.43. The molecule has 4 rings (SSSR count). The molecule has 0 aliphatic carbocycles. The van der Waals surface area contributed by atoms with Crippen LogP contribution in [0.25, 0.3) is 5.69 Å². The second-order valence-electron chi connectivity index (χ2n) is 7.43. The summed E-state index contributed by atoms with van der Waals surface area (Å²) >= 11 is 1.28. The molecule has 0 spiro atoms. The summed E-state index contributed by atoms with van der Waals surface area (Å²) in [5, 5.41) is 9.33. The molecule has 30 heavy (non-hydrogen) atoms. The van der Waals surface area contributed by atoms with E-state index in [2.05, 4.69) is 22.0 Å². The minimum atomic E-state index is -0.868. The quantitative estimate of drug-likeness (QED) is 0.480. The molecule has 0 amide bonds. The SMILES string of the molecule is C[C@@H](c1nnc(SCc2cccc(F)c2F)n1-c1ccc(F)cc1)N1CCCCC1. The van der Waals surface area contributed by atoms with Gasteiger partial charge in [-0.1, -0.05) is 30.3 Å². The summed E-state index contributed by atoms with van der Waals surface area (Å²) < 4.78 is 43.0. The summed E-state index contributed by atoms with van der Waals surface area (Å²) in [6.45, 7) is 4.08. The van der Waals surface area contributed by atoms with Crippen LogP contribution in [0, 0.1) is 17.5 Å². The van der Waals surface area contributed by atoms with Gasteiger partial charge in [0.25, 0.3) is 0 Å². The predicted molar refractivity (Wildman–Crippen MR) is 111 cm³/mol. The van der Waals surface area contributed by atoms with Gasteiger partial charge in [-0.2, -0.15) is 0 Å². The molecule has 1 aliphatic heterocycles. The topological polar surface area (TPSA) is 34.0 Å². The van der Waals surface area contributed by atoms with Crippen LogP contribution in [0.5, 0.6) is 0 Å². The summed E-state index contributed by atoms with van der Waals surface area (Å²) in [7, 11) is 0. The summed E-state index contributed by atoms with van der Waals surface area (Å²) in [5.41, 5.74) is 1.00. The van der Waals surface area contributed by atoms with Crippen LogP contribution in [0.15, 0.2) is 47.6 Å². The summed E-state index contributed by atoms with van der Waals surface area (Å²) in [5.74, 6) is -1.08. The average molecular weight is 433 g/mol. The fourth-order valence-corrected chi connectivity index (χ4v) is 4.68. The minimum Gasteiger partial charge on any atom is -0.294 e. The van der Waals surface area contributed by atoms with Crippen LogP contribution in [0.4, 0.5) is 13.2 Å². The molecule has 1 saturated heterocycles. The lowest BCUT2D eigenvalue weighted by Crippen LogP contribution is -2.33. The number of halogens is 3. The van der Waals surface area contributed by atoms with Crippen LogP contribution < -0.4 is 0 Å². The number of aromatic nitrogens is 3. The van der Waals surface area contributed by atoms with Crippen molar-refractivity contribution in [1.82, 2.24) is 19.7 Å². The third-order valence-corrected chi connectivity index (χ3v) is 6.42. The normalized spacial score (nSPS) is 16.0. The van der Waals surface area contributed by atoms with E-state index in [9.17, 15) is 13.2 Å². The molecule has 0 saturated carbocycles. The second-order valence-corrected chi connectivity index (χ2v) is 8.37. The van der Waals surface area contributed by atoms with E-state index < -0.39 is 11.6 Å². The zero-order valence-electron chi connectivity index (χ0n) is 16.7. The van der Waals surface area contributed by atoms with Crippen LogP contribution in [0.3, 0.4) is 0 Å². The van der Waals surface area contributed by atoms with Crippen LogP contribution in [-0.4, -0.2) is 32.8 Å². The molecule has 0 radical (unpaired) electrons. The van der Waals surface area contributed by atoms with E-state index >= 15 is 0 Å². The number of nitrogens with zero attached hydrogens (tertiary/aromatic N) is 4. The number of piperidine rings is 1. The summed E-state index contributed by atoms with van der Waals surface area (Å²) in [6, 6.07) is 10.3.